The first-order valence-corrected chi connectivity index (χ1v) is 10.4. The van der Waals surface area contributed by atoms with Crippen LogP contribution in [0.5, 0.6) is 0 Å². The quantitative estimate of drug-likeness (QED) is 0.609. The molecule has 0 saturated heterocycles. The number of carbonyl (C=O) groups is 2. The smallest absolute Gasteiger partial charge is 0.280 e. The molecule has 8 heteroatoms. The van der Waals surface area contributed by atoms with Crippen LogP contribution in [0.1, 0.15) is 49.3 Å². The van der Waals surface area contributed by atoms with Gasteiger partial charge in [0.05, 0.1) is 5.69 Å². The Bertz CT molecular complexity index is 1010. The van der Waals surface area contributed by atoms with Crippen LogP contribution in [0.4, 0.5) is 10.1 Å². The van der Waals surface area contributed by atoms with Crippen LogP contribution in [0.3, 0.4) is 0 Å². The molecule has 2 amide bonds. The van der Waals surface area contributed by atoms with Crippen molar-refractivity contribution in [2.75, 3.05) is 4.90 Å². The van der Waals surface area contributed by atoms with Crippen molar-refractivity contribution in [3.8, 4) is 0 Å². The molecule has 1 N–H and O–H groups in total. The van der Waals surface area contributed by atoms with Crippen LogP contribution in [0.25, 0.3) is 0 Å². The summed E-state index contributed by atoms with van der Waals surface area (Å²) in [4.78, 5) is 28.0. The fraction of sp³-hybridized carbons (Fsp3) is 0.273. The van der Waals surface area contributed by atoms with Gasteiger partial charge in [-0.2, -0.15) is 0 Å². The standard InChI is InChI=1S/C22H23FN4O2S/c1-4-22(2,3)24-20(28)19(15-10-6-5-7-11-15)27(18-13-9-8-12-16(18)23)21(29)17-14-30-26-25-17/h5-14,19H,4H2,1-3H3,(H,24,28)/t19-/m0/s1. The molecule has 2 aromatic carbocycles. The molecule has 0 unspecified atom stereocenters. The van der Waals surface area contributed by atoms with Crippen molar-refractivity contribution < 1.29 is 14.0 Å². The van der Waals surface area contributed by atoms with E-state index in [0.29, 0.717) is 12.0 Å². The highest BCUT2D eigenvalue weighted by atomic mass is 32.1. The third-order valence-corrected chi connectivity index (χ3v) is 5.38. The summed E-state index contributed by atoms with van der Waals surface area (Å²) >= 11 is 1.01. The first-order valence-electron chi connectivity index (χ1n) is 9.56. The highest BCUT2D eigenvalue weighted by Gasteiger charge is 2.37. The molecule has 0 aliphatic carbocycles. The molecule has 1 aromatic heterocycles. The van der Waals surface area contributed by atoms with Crippen molar-refractivity contribution in [2.45, 2.75) is 38.8 Å². The Balaban J connectivity index is 2.17. The van der Waals surface area contributed by atoms with Gasteiger partial charge in [0.2, 0.25) is 5.91 Å². The molecule has 0 aliphatic rings. The number of halogens is 1. The molecule has 0 radical (unpaired) electrons. The van der Waals surface area contributed by atoms with Gasteiger partial charge >= 0.3 is 0 Å². The van der Waals surface area contributed by atoms with E-state index in [4.69, 9.17) is 0 Å². The summed E-state index contributed by atoms with van der Waals surface area (Å²) in [5, 5.41) is 8.31. The van der Waals surface area contributed by atoms with E-state index in [2.05, 4.69) is 14.9 Å². The van der Waals surface area contributed by atoms with Crippen LogP contribution in [-0.2, 0) is 4.79 Å². The highest BCUT2D eigenvalue weighted by molar-refractivity contribution is 7.03. The van der Waals surface area contributed by atoms with Crippen LogP contribution in [0.15, 0.2) is 60.0 Å². The van der Waals surface area contributed by atoms with Crippen molar-refractivity contribution in [1.82, 2.24) is 14.9 Å². The summed E-state index contributed by atoms with van der Waals surface area (Å²) in [6.07, 6.45) is 0.684. The van der Waals surface area contributed by atoms with E-state index in [1.165, 1.54) is 23.6 Å². The summed E-state index contributed by atoms with van der Waals surface area (Å²) in [5.74, 6) is -1.63. The molecule has 156 valence electrons. The lowest BCUT2D eigenvalue weighted by Crippen LogP contribution is -2.50. The topological polar surface area (TPSA) is 75.2 Å². The van der Waals surface area contributed by atoms with Gasteiger partial charge in [0, 0.05) is 10.9 Å². The second-order valence-electron chi connectivity index (χ2n) is 7.46. The third-order valence-electron chi connectivity index (χ3n) is 4.88. The molecule has 6 nitrogen and oxygen atoms in total. The maximum absolute atomic E-state index is 14.8. The molecule has 30 heavy (non-hydrogen) atoms. The SMILES string of the molecule is CCC(C)(C)NC(=O)[C@H](c1ccccc1)N(C(=O)c1csnn1)c1ccccc1F. The van der Waals surface area contributed by atoms with Gasteiger partial charge in [-0.1, -0.05) is 53.9 Å². The van der Waals surface area contributed by atoms with Crippen LogP contribution in [-0.4, -0.2) is 26.9 Å². The number of carbonyl (C=O) groups excluding carboxylic acids is 2. The average molecular weight is 427 g/mol. The first kappa shape index (κ1) is 21.6. The fourth-order valence-corrected chi connectivity index (χ4v) is 3.37. The van der Waals surface area contributed by atoms with Gasteiger partial charge in [-0.3, -0.25) is 14.5 Å². The Morgan fingerprint density at radius 2 is 1.80 bits per heavy atom. The largest absolute Gasteiger partial charge is 0.349 e. The molecule has 3 rings (SSSR count). The summed E-state index contributed by atoms with van der Waals surface area (Å²) in [6.45, 7) is 5.75. The number of para-hydroxylation sites is 1. The lowest BCUT2D eigenvalue weighted by atomic mass is 9.98. The van der Waals surface area contributed by atoms with Crippen molar-refractivity contribution in [3.05, 3.63) is 77.1 Å². The molecular formula is C22H23FN4O2S. The number of amides is 2. The molecule has 1 heterocycles. The lowest BCUT2D eigenvalue weighted by Gasteiger charge is -2.34. The Labute approximate surface area is 178 Å². The summed E-state index contributed by atoms with van der Waals surface area (Å²) in [6, 6.07) is 13.6. The Hall–Kier alpha value is -3.13. The van der Waals surface area contributed by atoms with Crippen LogP contribution in [0, 0.1) is 5.82 Å². The second-order valence-corrected chi connectivity index (χ2v) is 8.07. The van der Waals surface area contributed by atoms with E-state index >= 15 is 0 Å². The van der Waals surface area contributed by atoms with E-state index in [9.17, 15) is 14.0 Å². The predicted octanol–water partition coefficient (Wildman–Crippen LogP) is 4.37. The minimum atomic E-state index is -1.09. The van der Waals surface area contributed by atoms with Crippen molar-refractivity contribution >= 4 is 29.0 Å². The van der Waals surface area contributed by atoms with E-state index in [0.717, 1.165) is 16.4 Å². The molecule has 1 atom stereocenters. The number of aromatic nitrogens is 2. The van der Waals surface area contributed by atoms with E-state index < -0.39 is 29.2 Å². The summed E-state index contributed by atoms with van der Waals surface area (Å²) < 4.78 is 18.6. The third kappa shape index (κ3) is 4.71. The van der Waals surface area contributed by atoms with Crippen LogP contribution in [0.2, 0.25) is 0 Å². The number of nitrogens with one attached hydrogen (secondary N) is 1. The van der Waals surface area contributed by atoms with Crippen molar-refractivity contribution in [2.24, 2.45) is 0 Å². The number of anilines is 1. The van der Waals surface area contributed by atoms with Gasteiger partial charge < -0.3 is 5.32 Å². The molecular weight excluding hydrogens is 403 g/mol. The first-order chi connectivity index (χ1) is 14.3. The van der Waals surface area contributed by atoms with Gasteiger partial charge in [0.1, 0.15) is 11.9 Å². The number of hydrogen-bond acceptors (Lipinski definition) is 5. The minimum absolute atomic E-state index is 0.00573. The summed E-state index contributed by atoms with van der Waals surface area (Å²) in [5.41, 5.74) is 0.0956. The molecule has 0 saturated carbocycles. The Kier molecular flexibility index (Phi) is 6.56. The number of nitrogens with zero attached hydrogens (tertiary/aromatic N) is 3. The predicted molar refractivity (Wildman–Crippen MR) is 115 cm³/mol. The number of rotatable bonds is 7. The molecule has 0 bridgehead atoms. The summed E-state index contributed by atoms with van der Waals surface area (Å²) in [7, 11) is 0. The monoisotopic (exact) mass is 426 g/mol. The number of benzene rings is 2. The van der Waals surface area contributed by atoms with Crippen molar-refractivity contribution in [3.63, 3.8) is 0 Å². The molecule has 0 aliphatic heterocycles. The second kappa shape index (κ2) is 9.13. The normalized spacial score (nSPS) is 12.3. The van der Waals surface area contributed by atoms with Crippen LogP contribution >= 0.6 is 11.5 Å². The lowest BCUT2D eigenvalue weighted by molar-refractivity contribution is -0.124. The van der Waals surface area contributed by atoms with E-state index in [1.807, 2.05) is 26.8 Å². The van der Waals surface area contributed by atoms with Gasteiger partial charge in [-0.15, -0.1) is 5.10 Å². The van der Waals surface area contributed by atoms with Gasteiger partial charge in [-0.05, 0) is 49.5 Å². The van der Waals surface area contributed by atoms with E-state index in [1.54, 1.807) is 30.3 Å². The van der Waals surface area contributed by atoms with Gasteiger partial charge in [0.15, 0.2) is 5.69 Å². The molecule has 0 spiro atoms. The van der Waals surface area contributed by atoms with E-state index in [-0.39, 0.29) is 11.4 Å². The zero-order valence-electron chi connectivity index (χ0n) is 17.0. The zero-order valence-corrected chi connectivity index (χ0v) is 17.8. The minimum Gasteiger partial charge on any atom is -0.349 e. The molecule has 0 fully saturated rings. The maximum Gasteiger partial charge on any atom is 0.280 e. The maximum atomic E-state index is 14.8. The fourth-order valence-electron chi connectivity index (χ4n) is 2.94. The van der Waals surface area contributed by atoms with Crippen LogP contribution < -0.4 is 10.2 Å². The van der Waals surface area contributed by atoms with Gasteiger partial charge in [0.25, 0.3) is 5.91 Å². The highest BCUT2D eigenvalue weighted by Crippen LogP contribution is 2.32. The Morgan fingerprint density at radius 3 is 2.40 bits per heavy atom. The Morgan fingerprint density at radius 1 is 1.13 bits per heavy atom. The zero-order chi connectivity index (χ0) is 21.7. The molecule has 3 aromatic rings. The number of hydrogen-bond donors (Lipinski definition) is 1. The van der Waals surface area contributed by atoms with Crippen molar-refractivity contribution in [1.29, 1.82) is 0 Å². The average Bonchev–Trinajstić information content (AvgIpc) is 3.27. The van der Waals surface area contributed by atoms with Gasteiger partial charge in [-0.25, -0.2) is 4.39 Å².